The number of halogens is 1. The van der Waals surface area contributed by atoms with Gasteiger partial charge in [0, 0.05) is 17.7 Å². The zero-order valence-corrected chi connectivity index (χ0v) is 12.4. The van der Waals surface area contributed by atoms with E-state index in [2.05, 4.69) is 11.4 Å². The number of methoxy groups -OCH3 is 1. The van der Waals surface area contributed by atoms with Crippen LogP contribution >= 0.6 is 0 Å². The van der Waals surface area contributed by atoms with E-state index in [4.69, 9.17) is 4.74 Å². The average molecular weight is 277 g/mol. The standard InChI is InChI=1S/C17H24FNO/c1-13(16-9-8-15(20-2)12-17(16)18)19-11-10-14-6-4-3-5-7-14/h6,8-9,12-13,19H,3-5,7,10-11H2,1-2H3. The highest BCUT2D eigenvalue weighted by atomic mass is 19.1. The van der Waals surface area contributed by atoms with E-state index in [0.29, 0.717) is 11.3 Å². The van der Waals surface area contributed by atoms with Gasteiger partial charge in [-0.05, 0) is 51.6 Å². The number of rotatable bonds is 6. The summed E-state index contributed by atoms with van der Waals surface area (Å²) in [7, 11) is 1.55. The molecule has 0 heterocycles. The highest BCUT2D eigenvalue weighted by Gasteiger charge is 2.11. The van der Waals surface area contributed by atoms with Crippen molar-refractivity contribution in [2.45, 2.75) is 45.1 Å². The Hall–Kier alpha value is -1.35. The van der Waals surface area contributed by atoms with Crippen LogP contribution < -0.4 is 10.1 Å². The van der Waals surface area contributed by atoms with Gasteiger partial charge in [-0.15, -0.1) is 0 Å². The zero-order valence-electron chi connectivity index (χ0n) is 12.4. The van der Waals surface area contributed by atoms with Crippen molar-refractivity contribution in [3.8, 4) is 5.75 Å². The topological polar surface area (TPSA) is 21.3 Å². The van der Waals surface area contributed by atoms with E-state index in [9.17, 15) is 4.39 Å². The fourth-order valence-corrected chi connectivity index (χ4v) is 2.68. The highest BCUT2D eigenvalue weighted by molar-refractivity contribution is 5.30. The summed E-state index contributed by atoms with van der Waals surface area (Å²) in [4.78, 5) is 0. The first-order valence-corrected chi connectivity index (χ1v) is 7.45. The van der Waals surface area contributed by atoms with Crippen LogP contribution in [0.2, 0.25) is 0 Å². The van der Waals surface area contributed by atoms with E-state index in [1.165, 1.54) is 31.7 Å². The Morgan fingerprint density at radius 3 is 2.85 bits per heavy atom. The minimum absolute atomic E-state index is 0.0186. The van der Waals surface area contributed by atoms with Crippen LogP contribution in [0.5, 0.6) is 5.75 Å². The first-order valence-electron chi connectivity index (χ1n) is 7.45. The normalized spacial score (nSPS) is 16.6. The summed E-state index contributed by atoms with van der Waals surface area (Å²) in [5.74, 6) is 0.354. The van der Waals surface area contributed by atoms with Crippen molar-refractivity contribution in [1.29, 1.82) is 0 Å². The number of benzene rings is 1. The van der Waals surface area contributed by atoms with E-state index in [0.717, 1.165) is 13.0 Å². The molecule has 1 atom stereocenters. The largest absolute Gasteiger partial charge is 0.497 e. The molecule has 1 aromatic rings. The molecule has 0 amide bonds. The van der Waals surface area contributed by atoms with Crippen molar-refractivity contribution < 1.29 is 9.13 Å². The number of hydrogen-bond donors (Lipinski definition) is 1. The van der Waals surface area contributed by atoms with Crippen LogP contribution in [0.3, 0.4) is 0 Å². The third-order valence-electron chi connectivity index (χ3n) is 3.96. The molecule has 20 heavy (non-hydrogen) atoms. The van der Waals surface area contributed by atoms with Crippen LogP contribution in [-0.2, 0) is 0 Å². The van der Waals surface area contributed by atoms with Gasteiger partial charge in [0.25, 0.3) is 0 Å². The van der Waals surface area contributed by atoms with Crippen LogP contribution in [0.15, 0.2) is 29.8 Å². The summed E-state index contributed by atoms with van der Waals surface area (Å²) < 4.78 is 19.0. The van der Waals surface area contributed by atoms with E-state index in [-0.39, 0.29) is 11.9 Å². The molecule has 0 saturated carbocycles. The lowest BCUT2D eigenvalue weighted by molar-refractivity contribution is 0.409. The summed E-state index contributed by atoms with van der Waals surface area (Å²) in [6, 6.07) is 5.06. The van der Waals surface area contributed by atoms with Crippen LogP contribution in [-0.4, -0.2) is 13.7 Å². The Balaban J connectivity index is 1.85. The first kappa shape index (κ1) is 15.0. The summed E-state index contributed by atoms with van der Waals surface area (Å²) in [5.41, 5.74) is 2.24. The summed E-state index contributed by atoms with van der Waals surface area (Å²) in [6.45, 7) is 2.90. The fraction of sp³-hybridized carbons (Fsp3) is 0.529. The van der Waals surface area contributed by atoms with Crippen LogP contribution in [0.1, 0.15) is 50.6 Å². The molecule has 2 nitrogen and oxygen atoms in total. The smallest absolute Gasteiger partial charge is 0.131 e. The van der Waals surface area contributed by atoms with Crippen molar-refractivity contribution >= 4 is 0 Å². The highest BCUT2D eigenvalue weighted by Crippen LogP contribution is 2.23. The molecule has 0 aliphatic heterocycles. The van der Waals surface area contributed by atoms with Gasteiger partial charge in [0.15, 0.2) is 0 Å². The molecule has 3 heteroatoms. The molecular formula is C17H24FNO. The van der Waals surface area contributed by atoms with Gasteiger partial charge < -0.3 is 10.1 Å². The lowest BCUT2D eigenvalue weighted by Gasteiger charge is -2.17. The van der Waals surface area contributed by atoms with Crippen molar-refractivity contribution in [2.75, 3.05) is 13.7 Å². The second-order valence-corrected chi connectivity index (χ2v) is 5.42. The molecule has 0 radical (unpaired) electrons. The van der Waals surface area contributed by atoms with Crippen molar-refractivity contribution in [2.24, 2.45) is 0 Å². The minimum Gasteiger partial charge on any atom is -0.497 e. The second-order valence-electron chi connectivity index (χ2n) is 5.42. The zero-order chi connectivity index (χ0) is 14.4. The molecule has 1 N–H and O–H groups in total. The molecule has 0 spiro atoms. The van der Waals surface area contributed by atoms with E-state index in [1.807, 2.05) is 6.92 Å². The summed E-state index contributed by atoms with van der Waals surface area (Å²) in [6.07, 6.45) is 8.52. The van der Waals surface area contributed by atoms with Gasteiger partial charge in [-0.2, -0.15) is 0 Å². The molecule has 0 fully saturated rings. The monoisotopic (exact) mass is 277 g/mol. The van der Waals surface area contributed by atoms with Gasteiger partial charge in [0.2, 0.25) is 0 Å². The van der Waals surface area contributed by atoms with Gasteiger partial charge in [-0.1, -0.05) is 17.7 Å². The molecule has 110 valence electrons. The van der Waals surface area contributed by atoms with Gasteiger partial charge >= 0.3 is 0 Å². The Kier molecular flexibility index (Phi) is 5.60. The Morgan fingerprint density at radius 1 is 1.35 bits per heavy atom. The predicted molar refractivity (Wildman–Crippen MR) is 80.5 cm³/mol. The van der Waals surface area contributed by atoms with Crippen LogP contribution in [0.25, 0.3) is 0 Å². The second kappa shape index (κ2) is 7.44. The van der Waals surface area contributed by atoms with Crippen LogP contribution in [0, 0.1) is 5.82 Å². The minimum atomic E-state index is -0.207. The van der Waals surface area contributed by atoms with Crippen molar-refractivity contribution in [3.63, 3.8) is 0 Å². The quantitative estimate of drug-likeness (QED) is 0.779. The van der Waals surface area contributed by atoms with Crippen molar-refractivity contribution in [3.05, 3.63) is 41.2 Å². The molecular weight excluding hydrogens is 253 g/mol. The average Bonchev–Trinajstić information content (AvgIpc) is 2.48. The molecule has 0 saturated heterocycles. The molecule has 2 rings (SSSR count). The Morgan fingerprint density at radius 2 is 2.20 bits per heavy atom. The fourth-order valence-electron chi connectivity index (χ4n) is 2.68. The Labute approximate surface area is 121 Å². The van der Waals surface area contributed by atoms with E-state index >= 15 is 0 Å². The maximum Gasteiger partial charge on any atom is 0.131 e. The third-order valence-corrected chi connectivity index (χ3v) is 3.96. The summed E-state index contributed by atoms with van der Waals surface area (Å²) in [5, 5.41) is 3.40. The van der Waals surface area contributed by atoms with Crippen LogP contribution in [0.4, 0.5) is 4.39 Å². The van der Waals surface area contributed by atoms with Gasteiger partial charge in [-0.25, -0.2) is 4.39 Å². The number of ether oxygens (including phenoxy) is 1. The van der Waals surface area contributed by atoms with Gasteiger partial charge in [0.05, 0.1) is 7.11 Å². The molecule has 1 aromatic carbocycles. The molecule has 0 bridgehead atoms. The number of nitrogens with one attached hydrogen (secondary N) is 1. The predicted octanol–water partition coefficient (Wildman–Crippen LogP) is 4.38. The summed E-state index contributed by atoms with van der Waals surface area (Å²) >= 11 is 0. The van der Waals surface area contributed by atoms with Gasteiger partial charge in [-0.3, -0.25) is 0 Å². The van der Waals surface area contributed by atoms with Gasteiger partial charge in [0.1, 0.15) is 11.6 Å². The SMILES string of the molecule is COc1ccc(C(C)NCCC2=CCCCC2)c(F)c1. The molecule has 1 aliphatic rings. The van der Waals surface area contributed by atoms with Crippen molar-refractivity contribution in [1.82, 2.24) is 5.32 Å². The third kappa shape index (κ3) is 4.07. The molecule has 1 aliphatic carbocycles. The first-order chi connectivity index (χ1) is 9.70. The van der Waals surface area contributed by atoms with E-state index < -0.39 is 0 Å². The lowest BCUT2D eigenvalue weighted by Crippen LogP contribution is -2.21. The molecule has 0 aromatic heterocycles. The van der Waals surface area contributed by atoms with E-state index in [1.54, 1.807) is 24.8 Å². The number of allylic oxidation sites excluding steroid dienone is 1. The maximum absolute atomic E-state index is 13.9. The lowest BCUT2D eigenvalue weighted by atomic mass is 9.97. The Bertz CT molecular complexity index is 470. The molecule has 1 unspecified atom stereocenters. The number of hydrogen-bond acceptors (Lipinski definition) is 2. The maximum atomic E-state index is 13.9.